The average molecular weight is 248 g/mol. The molecule has 5 heteroatoms. The van der Waals surface area contributed by atoms with Gasteiger partial charge in [-0.1, -0.05) is 25.1 Å². The number of nitrogens with zero attached hydrogens (tertiary/aromatic N) is 1. The third kappa shape index (κ3) is 2.36. The quantitative estimate of drug-likeness (QED) is 0.882. The number of hydrogen-bond acceptors (Lipinski definition) is 3. The number of benzene rings is 1. The number of ether oxygens (including phenoxy) is 1. The van der Waals surface area contributed by atoms with Crippen molar-refractivity contribution in [2.24, 2.45) is 5.92 Å². The molecule has 1 aromatic carbocycles. The summed E-state index contributed by atoms with van der Waals surface area (Å²) in [5.74, 6) is -0.432. The number of carbonyl (C=O) groups excluding carboxylic acids is 2. The van der Waals surface area contributed by atoms with Gasteiger partial charge in [0.25, 0.3) is 0 Å². The summed E-state index contributed by atoms with van der Waals surface area (Å²) in [6, 6.07) is 7.16. The highest BCUT2D eigenvalue weighted by Gasteiger charge is 2.30. The molecule has 0 saturated carbocycles. The third-order valence-electron chi connectivity index (χ3n) is 2.96. The summed E-state index contributed by atoms with van der Waals surface area (Å²) in [6.07, 6.45) is 0. The van der Waals surface area contributed by atoms with Gasteiger partial charge in [0, 0.05) is 19.2 Å². The molecule has 0 aliphatic carbocycles. The zero-order valence-corrected chi connectivity index (χ0v) is 10.5. The maximum Gasteiger partial charge on any atom is 0.328 e. The van der Waals surface area contributed by atoms with Crippen molar-refractivity contribution in [1.29, 1.82) is 0 Å². The van der Waals surface area contributed by atoms with Crippen LogP contribution in [0.3, 0.4) is 0 Å². The van der Waals surface area contributed by atoms with Crippen LogP contribution in [0.2, 0.25) is 0 Å². The smallest absolute Gasteiger partial charge is 0.328 e. The molecule has 3 amide bonds. The van der Waals surface area contributed by atoms with Crippen molar-refractivity contribution < 1.29 is 14.3 Å². The first-order valence-electron chi connectivity index (χ1n) is 5.82. The summed E-state index contributed by atoms with van der Waals surface area (Å²) >= 11 is 0. The molecule has 1 N–H and O–H groups in total. The Kier molecular flexibility index (Phi) is 3.62. The van der Waals surface area contributed by atoms with Crippen molar-refractivity contribution in [3.63, 3.8) is 0 Å². The van der Waals surface area contributed by atoms with Gasteiger partial charge in [0.1, 0.15) is 0 Å². The van der Waals surface area contributed by atoms with Crippen molar-refractivity contribution in [1.82, 2.24) is 5.32 Å². The number of carbonyl (C=O) groups is 2. The Balaban J connectivity index is 2.30. The van der Waals surface area contributed by atoms with Crippen LogP contribution in [0.25, 0.3) is 0 Å². The minimum atomic E-state index is -0.373. The molecule has 1 fully saturated rings. The first kappa shape index (κ1) is 12.6. The van der Waals surface area contributed by atoms with Crippen LogP contribution >= 0.6 is 0 Å². The molecule has 18 heavy (non-hydrogen) atoms. The number of rotatable bonds is 3. The highest BCUT2D eigenvalue weighted by molar-refractivity contribution is 6.06. The lowest BCUT2D eigenvalue weighted by Gasteiger charge is -2.31. The van der Waals surface area contributed by atoms with E-state index in [1.165, 1.54) is 0 Å². The van der Waals surface area contributed by atoms with E-state index in [1.54, 1.807) is 18.9 Å². The predicted molar refractivity (Wildman–Crippen MR) is 67.2 cm³/mol. The van der Waals surface area contributed by atoms with E-state index in [0.717, 1.165) is 11.3 Å². The van der Waals surface area contributed by atoms with Crippen LogP contribution in [-0.2, 0) is 16.1 Å². The fourth-order valence-corrected chi connectivity index (χ4v) is 2.00. The fraction of sp³-hybridized carbons (Fsp3) is 0.385. The van der Waals surface area contributed by atoms with Gasteiger partial charge in [-0.05, 0) is 6.07 Å². The molecule has 1 aliphatic heterocycles. The predicted octanol–water partition coefficient (Wildman–Crippen LogP) is 1.53. The third-order valence-corrected chi connectivity index (χ3v) is 2.96. The van der Waals surface area contributed by atoms with Gasteiger partial charge in [-0.15, -0.1) is 0 Å². The SMILES string of the molecule is COCc1ccccc1N1CC(C)C(=O)NC1=O. The van der Waals surface area contributed by atoms with Crippen LogP contribution in [0.5, 0.6) is 0 Å². The Morgan fingerprint density at radius 3 is 2.83 bits per heavy atom. The molecule has 2 rings (SSSR count). The van der Waals surface area contributed by atoms with Crippen LogP contribution in [0, 0.1) is 5.92 Å². The Hall–Kier alpha value is -1.88. The van der Waals surface area contributed by atoms with Crippen LogP contribution in [0.4, 0.5) is 10.5 Å². The van der Waals surface area contributed by atoms with Gasteiger partial charge in [0.2, 0.25) is 5.91 Å². The molecule has 0 spiro atoms. The molecule has 1 heterocycles. The van der Waals surface area contributed by atoms with Crippen molar-refractivity contribution >= 4 is 17.6 Å². The standard InChI is InChI=1S/C13H16N2O3/c1-9-7-15(13(17)14-12(9)16)11-6-4-3-5-10(11)8-18-2/h3-6,9H,7-8H2,1-2H3,(H,14,16,17). The first-order chi connectivity index (χ1) is 8.63. The van der Waals surface area contributed by atoms with Gasteiger partial charge in [-0.3, -0.25) is 15.0 Å². The monoisotopic (exact) mass is 248 g/mol. The maximum atomic E-state index is 11.9. The van der Waals surface area contributed by atoms with E-state index in [2.05, 4.69) is 5.32 Å². The normalized spacial score (nSPS) is 19.9. The second kappa shape index (κ2) is 5.18. The largest absolute Gasteiger partial charge is 0.380 e. The van der Waals surface area contributed by atoms with Gasteiger partial charge in [0.05, 0.1) is 18.2 Å². The van der Waals surface area contributed by atoms with E-state index in [0.29, 0.717) is 13.2 Å². The molecule has 0 radical (unpaired) electrons. The Labute approximate surface area is 106 Å². The lowest BCUT2D eigenvalue weighted by molar-refractivity contribution is -0.123. The Morgan fingerprint density at radius 2 is 2.11 bits per heavy atom. The van der Waals surface area contributed by atoms with Gasteiger partial charge in [-0.25, -0.2) is 4.79 Å². The van der Waals surface area contributed by atoms with Crippen molar-refractivity contribution in [3.8, 4) is 0 Å². The molecule has 0 bridgehead atoms. The maximum absolute atomic E-state index is 11.9. The second-order valence-electron chi connectivity index (χ2n) is 4.37. The molecule has 1 unspecified atom stereocenters. The first-order valence-corrected chi connectivity index (χ1v) is 5.82. The van der Waals surface area contributed by atoms with Gasteiger partial charge in [0.15, 0.2) is 0 Å². The molecule has 1 aromatic rings. The van der Waals surface area contributed by atoms with Crippen molar-refractivity contribution in [2.45, 2.75) is 13.5 Å². The van der Waals surface area contributed by atoms with Crippen LogP contribution in [0.15, 0.2) is 24.3 Å². The zero-order valence-electron chi connectivity index (χ0n) is 10.5. The molecule has 1 saturated heterocycles. The summed E-state index contributed by atoms with van der Waals surface area (Å²) < 4.78 is 5.12. The van der Waals surface area contributed by atoms with E-state index in [4.69, 9.17) is 4.74 Å². The number of hydrogen-bond donors (Lipinski definition) is 1. The highest BCUT2D eigenvalue weighted by atomic mass is 16.5. The molecule has 96 valence electrons. The van der Waals surface area contributed by atoms with Crippen LogP contribution < -0.4 is 10.2 Å². The number of urea groups is 1. The average Bonchev–Trinajstić information content (AvgIpc) is 2.35. The Bertz CT molecular complexity index is 473. The molecule has 1 atom stereocenters. The minimum absolute atomic E-state index is 0.210. The molecular weight excluding hydrogens is 232 g/mol. The number of methoxy groups -OCH3 is 1. The molecule has 1 aliphatic rings. The fourth-order valence-electron chi connectivity index (χ4n) is 2.00. The van der Waals surface area contributed by atoms with Crippen molar-refractivity contribution in [2.75, 3.05) is 18.6 Å². The van der Waals surface area contributed by atoms with Gasteiger partial charge < -0.3 is 4.74 Å². The zero-order chi connectivity index (χ0) is 13.1. The van der Waals surface area contributed by atoms with E-state index < -0.39 is 0 Å². The van der Waals surface area contributed by atoms with E-state index >= 15 is 0 Å². The van der Waals surface area contributed by atoms with Gasteiger partial charge >= 0.3 is 6.03 Å². The molecule has 0 aromatic heterocycles. The number of imide groups is 1. The molecular formula is C13H16N2O3. The summed E-state index contributed by atoms with van der Waals surface area (Å²) in [6.45, 7) is 2.63. The lowest BCUT2D eigenvalue weighted by atomic mass is 10.1. The summed E-state index contributed by atoms with van der Waals surface area (Å²) in [5.41, 5.74) is 1.72. The van der Waals surface area contributed by atoms with Crippen molar-refractivity contribution in [3.05, 3.63) is 29.8 Å². The van der Waals surface area contributed by atoms with Crippen LogP contribution in [0.1, 0.15) is 12.5 Å². The van der Waals surface area contributed by atoms with E-state index in [-0.39, 0.29) is 17.9 Å². The Morgan fingerprint density at radius 1 is 1.39 bits per heavy atom. The van der Waals surface area contributed by atoms with Crippen LogP contribution in [-0.4, -0.2) is 25.6 Å². The number of amides is 3. The topological polar surface area (TPSA) is 58.6 Å². The van der Waals surface area contributed by atoms with E-state index in [1.807, 2.05) is 24.3 Å². The number of nitrogens with one attached hydrogen (secondary N) is 1. The summed E-state index contributed by atoms with van der Waals surface area (Å²) in [4.78, 5) is 24.9. The lowest BCUT2D eigenvalue weighted by Crippen LogP contribution is -2.54. The number of anilines is 1. The molecule has 5 nitrogen and oxygen atoms in total. The number of para-hydroxylation sites is 1. The minimum Gasteiger partial charge on any atom is -0.380 e. The second-order valence-corrected chi connectivity index (χ2v) is 4.37. The summed E-state index contributed by atoms with van der Waals surface area (Å²) in [5, 5.41) is 2.35. The highest BCUT2D eigenvalue weighted by Crippen LogP contribution is 2.24. The van der Waals surface area contributed by atoms with Gasteiger partial charge in [-0.2, -0.15) is 0 Å². The van der Waals surface area contributed by atoms with E-state index in [9.17, 15) is 9.59 Å². The summed E-state index contributed by atoms with van der Waals surface area (Å²) in [7, 11) is 1.61.